The van der Waals surface area contributed by atoms with Crippen molar-refractivity contribution in [2.75, 3.05) is 5.73 Å². The van der Waals surface area contributed by atoms with E-state index in [2.05, 4.69) is 55.4 Å². The molecule has 1 aliphatic heterocycles. The number of carboxylic acid groups (broad SMARTS) is 1. The van der Waals surface area contributed by atoms with E-state index in [9.17, 15) is 9.90 Å². The fourth-order valence-corrected chi connectivity index (χ4v) is 6.65. The standard InChI is InChI=1S/C36H55NO3/c1-23(2)12-9-13-24(3)14-10-15-25(4)16-11-20-36(8)21-19-30-28(7)33(26(5)27(6)34(30)40-36)32-22-29(37)17-18-31(32)35(38)39/h17-18,22-25H,9-16,19-21,37H2,1-8H3,(H,38,39)/t24-,25-,36-/m1/s1. The smallest absolute Gasteiger partial charge is 0.336 e. The summed E-state index contributed by atoms with van der Waals surface area (Å²) in [5, 5.41) is 9.85. The lowest BCUT2D eigenvalue weighted by molar-refractivity contribution is 0.0514. The molecule has 0 unspecified atom stereocenters. The van der Waals surface area contributed by atoms with Crippen LogP contribution in [0, 0.1) is 38.5 Å². The molecule has 0 saturated heterocycles. The van der Waals surface area contributed by atoms with Crippen molar-refractivity contribution in [3.8, 4) is 16.9 Å². The van der Waals surface area contributed by atoms with Crippen LogP contribution in [0.5, 0.6) is 5.75 Å². The Morgan fingerprint density at radius 2 is 1.52 bits per heavy atom. The number of carboxylic acids is 1. The van der Waals surface area contributed by atoms with Crippen LogP contribution < -0.4 is 10.5 Å². The number of ether oxygens (including phenoxy) is 1. The largest absolute Gasteiger partial charge is 0.487 e. The molecule has 2 aromatic carbocycles. The number of aromatic carboxylic acids is 1. The second-order valence-electron chi connectivity index (χ2n) is 13.6. The monoisotopic (exact) mass is 549 g/mol. The first-order valence-electron chi connectivity index (χ1n) is 15.8. The third-order valence-electron chi connectivity index (χ3n) is 9.45. The summed E-state index contributed by atoms with van der Waals surface area (Å²) < 4.78 is 6.81. The first-order valence-corrected chi connectivity index (χ1v) is 15.8. The van der Waals surface area contributed by atoms with Crippen LogP contribution in [0.25, 0.3) is 11.1 Å². The summed E-state index contributed by atoms with van der Waals surface area (Å²) in [6.45, 7) is 18.1. The highest BCUT2D eigenvalue weighted by atomic mass is 16.5. The second-order valence-corrected chi connectivity index (χ2v) is 13.6. The van der Waals surface area contributed by atoms with Gasteiger partial charge in [-0.2, -0.15) is 0 Å². The molecule has 0 saturated carbocycles. The van der Waals surface area contributed by atoms with Gasteiger partial charge in [-0.1, -0.05) is 72.6 Å². The number of benzene rings is 2. The molecule has 3 N–H and O–H groups in total. The quantitative estimate of drug-likeness (QED) is 0.230. The summed E-state index contributed by atoms with van der Waals surface area (Å²) in [6.07, 6.45) is 13.6. The Morgan fingerprint density at radius 3 is 2.12 bits per heavy atom. The topological polar surface area (TPSA) is 72.6 Å². The zero-order chi connectivity index (χ0) is 29.6. The average Bonchev–Trinajstić information content (AvgIpc) is 2.87. The molecule has 0 aliphatic carbocycles. The molecule has 0 fully saturated rings. The van der Waals surface area contributed by atoms with Gasteiger partial charge in [-0.25, -0.2) is 4.79 Å². The van der Waals surface area contributed by atoms with E-state index in [1.165, 1.54) is 56.9 Å². The van der Waals surface area contributed by atoms with Gasteiger partial charge in [0.1, 0.15) is 11.4 Å². The Balaban J connectivity index is 1.61. The van der Waals surface area contributed by atoms with Crippen LogP contribution in [0.2, 0.25) is 0 Å². The van der Waals surface area contributed by atoms with Crippen LogP contribution >= 0.6 is 0 Å². The number of hydrogen-bond donors (Lipinski definition) is 2. The maximum atomic E-state index is 12.0. The van der Waals surface area contributed by atoms with E-state index in [0.29, 0.717) is 11.3 Å². The molecule has 0 amide bonds. The summed E-state index contributed by atoms with van der Waals surface area (Å²) in [7, 11) is 0. The fourth-order valence-electron chi connectivity index (χ4n) is 6.65. The molecule has 1 heterocycles. The van der Waals surface area contributed by atoms with Crippen molar-refractivity contribution in [3.63, 3.8) is 0 Å². The van der Waals surface area contributed by atoms with E-state index in [4.69, 9.17) is 10.5 Å². The molecule has 2 aromatic rings. The normalized spacial score (nSPS) is 18.3. The van der Waals surface area contributed by atoms with Gasteiger partial charge in [-0.15, -0.1) is 0 Å². The maximum Gasteiger partial charge on any atom is 0.336 e. The SMILES string of the molecule is Cc1c(C)c(-c2cc(N)ccc2C(=O)O)c(C)c2c1O[C@](C)(CCC[C@H](C)CCC[C@H](C)CCCC(C)C)CC2. The van der Waals surface area contributed by atoms with E-state index >= 15 is 0 Å². The molecular formula is C36H55NO3. The van der Waals surface area contributed by atoms with Crippen LogP contribution in [-0.2, 0) is 6.42 Å². The van der Waals surface area contributed by atoms with Crippen molar-refractivity contribution in [3.05, 3.63) is 46.0 Å². The lowest BCUT2D eigenvalue weighted by Crippen LogP contribution is -2.37. The molecule has 0 bridgehead atoms. The van der Waals surface area contributed by atoms with E-state index in [1.54, 1.807) is 18.2 Å². The minimum absolute atomic E-state index is 0.161. The van der Waals surface area contributed by atoms with Crippen molar-refractivity contribution in [2.45, 2.75) is 132 Å². The van der Waals surface area contributed by atoms with Gasteiger partial charge in [0.25, 0.3) is 0 Å². The van der Waals surface area contributed by atoms with E-state index < -0.39 is 5.97 Å². The predicted molar refractivity (Wildman–Crippen MR) is 170 cm³/mol. The van der Waals surface area contributed by atoms with E-state index in [1.807, 2.05) is 0 Å². The van der Waals surface area contributed by atoms with E-state index in [-0.39, 0.29) is 11.2 Å². The first kappa shape index (κ1) is 32.0. The van der Waals surface area contributed by atoms with Gasteiger partial charge in [-0.05, 0) is 123 Å². The summed E-state index contributed by atoms with van der Waals surface area (Å²) in [6, 6.07) is 5.07. The lowest BCUT2D eigenvalue weighted by atomic mass is 9.80. The molecule has 222 valence electrons. The molecule has 0 aromatic heterocycles. The molecule has 0 radical (unpaired) electrons. The molecule has 3 rings (SSSR count). The van der Waals surface area contributed by atoms with Gasteiger partial charge in [-0.3, -0.25) is 0 Å². The third-order valence-corrected chi connectivity index (χ3v) is 9.45. The molecular weight excluding hydrogens is 494 g/mol. The highest BCUT2D eigenvalue weighted by molar-refractivity contribution is 5.98. The number of hydrogen-bond acceptors (Lipinski definition) is 3. The van der Waals surface area contributed by atoms with Gasteiger partial charge in [0.05, 0.1) is 5.56 Å². The van der Waals surface area contributed by atoms with Gasteiger partial charge in [0, 0.05) is 5.69 Å². The highest BCUT2D eigenvalue weighted by Gasteiger charge is 2.34. The minimum atomic E-state index is -0.932. The summed E-state index contributed by atoms with van der Waals surface area (Å²) in [5.74, 6) is 2.52. The van der Waals surface area contributed by atoms with Gasteiger partial charge < -0.3 is 15.6 Å². The Hall–Kier alpha value is -2.49. The average molecular weight is 550 g/mol. The Morgan fingerprint density at radius 1 is 0.925 bits per heavy atom. The zero-order valence-corrected chi connectivity index (χ0v) is 26.6. The second kappa shape index (κ2) is 13.9. The van der Waals surface area contributed by atoms with Crippen molar-refractivity contribution < 1.29 is 14.6 Å². The number of carbonyl (C=O) groups is 1. The Kier molecular flexibility index (Phi) is 11.1. The van der Waals surface area contributed by atoms with Crippen molar-refractivity contribution in [2.24, 2.45) is 17.8 Å². The van der Waals surface area contributed by atoms with Crippen LogP contribution in [0.1, 0.15) is 131 Å². The summed E-state index contributed by atoms with van der Waals surface area (Å²) in [4.78, 5) is 12.0. The Bertz CT molecular complexity index is 1170. The van der Waals surface area contributed by atoms with Crippen molar-refractivity contribution >= 4 is 11.7 Å². The van der Waals surface area contributed by atoms with Crippen LogP contribution in [0.3, 0.4) is 0 Å². The number of fused-ring (bicyclic) bond motifs is 1. The molecule has 0 spiro atoms. The van der Waals surface area contributed by atoms with Crippen molar-refractivity contribution in [1.82, 2.24) is 0 Å². The summed E-state index contributed by atoms with van der Waals surface area (Å²) >= 11 is 0. The number of nitrogens with two attached hydrogens (primary N) is 1. The lowest BCUT2D eigenvalue weighted by Gasteiger charge is -2.39. The molecule has 4 heteroatoms. The molecule has 40 heavy (non-hydrogen) atoms. The maximum absolute atomic E-state index is 12.0. The van der Waals surface area contributed by atoms with E-state index in [0.717, 1.165) is 65.0 Å². The number of anilines is 1. The van der Waals surface area contributed by atoms with Crippen LogP contribution in [0.15, 0.2) is 18.2 Å². The zero-order valence-electron chi connectivity index (χ0n) is 26.6. The predicted octanol–water partition coefficient (Wildman–Crippen LogP) is 10.1. The van der Waals surface area contributed by atoms with Crippen molar-refractivity contribution in [1.29, 1.82) is 0 Å². The van der Waals surface area contributed by atoms with Gasteiger partial charge >= 0.3 is 5.97 Å². The highest BCUT2D eigenvalue weighted by Crippen LogP contribution is 2.46. The minimum Gasteiger partial charge on any atom is -0.487 e. The number of rotatable bonds is 14. The number of nitrogen functional groups attached to an aromatic ring is 1. The molecule has 3 atom stereocenters. The molecule has 1 aliphatic rings. The third kappa shape index (κ3) is 8.04. The van der Waals surface area contributed by atoms with Crippen LogP contribution in [0.4, 0.5) is 5.69 Å². The fraction of sp³-hybridized carbons (Fsp3) is 0.639. The summed E-state index contributed by atoms with van der Waals surface area (Å²) in [5.41, 5.74) is 13.0. The van der Waals surface area contributed by atoms with Gasteiger partial charge in [0.15, 0.2) is 0 Å². The molecule has 4 nitrogen and oxygen atoms in total. The first-order chi connectivity index (χ1) is 18.8. The van der Waals surface area contributed by atoms with Crippen LogP contribution in [-0.4, -0.2) is 16.7 Å². The van der Waals surface area contributed by atoms with Gasteiger partial charge in [0.2, 0.25) is 0 Å². The Labute approximate surface area is 244 Å².